The van der Waals surface area contributed by atoms with Crippen LogP contribution in [0.4, 0.5) is 10.1 Å². The van der Waals surface area contributed by atoms with Gasteiger partial charge in [-0.2, -0.15) is 4.31 Å². The van der Waals surface area contributed by atoms with E-state index in [1.807, 2.05) is 24.3 Å². The number of hydrogen-bond acceptors (Lipinski definition) is 6. The quantitative estimate of drug-likeness (QED) is 0.321. The average Bonchev–Trinajstić information content (AvgIpc) is 2.93. The highest BCUT2D eigenvalue weighted by Gasteiger charge is 2.26. The van der Waals surface area contributed by atoms with E-state index in [2.05, 4.69) is 15.5 Å². The number of sulfonamides is 1. The third kappa shape index (κ3) is 5.66. The number of piperidine rings is 1. The number of hydrogen-bond donors (Lipinski definition) is 1. The molecular weight excluding hydrogens is 511 g/mol. The van der Waals surface area contributed by atoms with Crippen molar-refractivity contribution < 1.29 is 17.6 Å². The Kier molecular flexibility index (Phi) is 7.50. The first-order valence-electron chi connectivity index (χ1n) is 12.0. The van der Waals surface area contributed by atoms with Crippen molar-refractivity contribution in [1.82, 2.24) is 14.5 Å². The number of carbonyl (C=O) groups excluding carboxylic acids is 1. The summed E-state index contributed by atoms with van der Waals surface area (Å²) >= 11 is 1.24. The van der Waals surface area contributed by atoms with Gasteiger partial charge in [0.2, 0.25) is 15.9 Å². The molecule has 1 aliphatic heterocycles. The highest BCUT2D eigenvalue weighted by Crippen LogP contribution is 2.32. The zero-order chi connectivity index (χ0) is 25.8. The lowest BCUT2D eigenvalue weighted by Gasteiger charge is -2.26. The maximum absolute atomic E-state index is 13.4. The van der Waals surface area contributed by atoms with Crippen molar-refractivity contribution >= 4 is 44.2 Å². The van der Waals surface area contributed by atoms with Crippen molar-refractivity contribution in [3.8, 4) is 11.3 Å². The van der Waals surface area contributed by atoms with Gasteiger partial charge in [-0.05, 0) is 55.3 Å². The van der Waals surface area contributed by atoms with Gasteiger partial charge in [-0.3, -0.25) is 4.79 Å². The lowest BCUT2D eigenvalue weighted by molar-refractivity contribution is -0.113. The van der Waals surface area contributed by atoms with E-state index in [0.717, 1.165) is 35.6 Å². The lowest BCUT2D eigenvalue weighted by Crippen LogP contribution is -2.35. The Morgan fingerprint density at radius 3 is 2.41 bits per heavy atom. The van der Waals surface area contributed by atoms with Crippen LogP contribution in [-0.4, -0.2) is 47.7 Å². The first-order chi connectivity index (χ1) is 17.9. The van der Waals surface area contributed by atoms with Gasteiger partial charge in [0, 0.05) is 35.1 Å². The van der Waals surface area contributed by atoms with Crippen LogP contribution in [0.3, 0.4) is 0 Å². The fraction of sp³-hybridized carbons (Fsp3) is 0.222. The molecule has 0 radical (unpaired) electrons. The number of nitrogens with zero attached hydrogens (tertiary/aromatic N) is 3. The zero-order valence-corrected chi connectivity index (χ0v) is 21.6. The first-order valence-corrected chi connectivity index (χ1v) is 14.4. The highest BCUT2D eigenvalue weighted by atomic mass is 32.2. The minimum Gasteiger partial charge on any atom is -0.325 e. The fourth-order valence-corrected chi connectivity index (χ4v) is 6.66. The summed E-state index contributed by atoms with van der Waals surface area (Å²) in [7, 11) is -3.59. The normalized spacial score (nSPS) is 14.5. The van der Waals surface area contributed by atoms with E-state index in [0.29, 0.717) is 29.5 Å². The molecule has 2 heterocycles. The van der Waals surface area contributed by atoms with Crippen molar-refractivity contribution in [2.24, 2.45) is 0 Å². The number of aromatic nitrogens is 2. The molecule has 0 atom stereocenters. The molecule has 1 saturated heterocycles. The van der Waals surface area contributed by atoms with Gasteiger partial charge in [0.05, 0.1) is 10.6 Å². The second-order valence-corrected chi connectivity index (χ2v) is 11.6. The maximum atomic E-state index is 13.4. The van der Waals surface area contributed by atoms with Crippen LogP contribution in [0.15, 0.2) is 82.7 Å². The van der Waals surface area contributed by atoms with Crippen LogP contribution in [-0.2, 0) is 14.8 Å². The monoisotopic (exact) mass is 536 g/mol. The molecule has 1 aliphatic rings. The van der Waals surface area contributed by atoms with Gasteiger partial charge < -0.3 is 5.32 Å². The number of anilines is 1. The molecule has 5 rings (SSSR count). The summed E-state index contributed by atoms with van der Waals surface area (Å²) < 4.78 is 40.8. The Bertz CT molecular complexity index is 1540. The van der Waals surface area contributed by atoms with Crippen molar-refractivity contribution in [2.75, 3.05) is 24.2 Å². The van der Waals surface area contributed by atoms with Crippen molar-refractivity contribution in [3.05, 3.63) is 78.6 Å². The Balaban J connectivity index is 1.30. The molecule has 190 valence electrons. The molecule has 0 bridgehead atoms. The number of rotatable bonds is 7. The smallest absolute Gasteiger partial charge is 0.243 e. The second kappa shape index (κ2) is 11.0. The number of fused-ring (bicyclic) bond motifs is 1. The summed E-state index contributed by atoms with van der Waals surface area (Å²) in [6.45, 7) is 1.04. The molecule has 10 heteroatoms. The van der Waals surface area contributed by atoms with Crippen molar-refractivity contribution in [3.63, 3.8) is 0 Å². The number of halogens is 1. The maximum Gasteiger partial charge on any atom is 0.243 e. The summed E-state index contributed by atoms with van der Waals surface area (Å²) in [6.07, 6.45) is 2.75. The minimum atomic E-state index is -3.59. The number of amides is 1. The summed E-state index contributed by atoms with van der Waals surface area (Å²) in [6, 6.07) is 20.0. The SMILES string of the molecule is O=C(CSc1nnc(-c2ccc(F)cc2)c2ccccc12)Nc1cccc(S(=O)(=O)N2CCCCC2)c1. The molecule has 0 unspecified atom stereocenters. The average molecular weight is 537 g/mol. The van der Waals surface area contributed by atoms with Crippen molar-refractivity contribution in [1.29, 1.82) is 0 Å². The molecule has 3 aromatic carbocycles. The van der Waals surface area contributed by atoms with Crippen LogP contribution in [0.1, 0.15) is 19.3 Å². The Hall–Kier alpha value is -3.34. The lowest BCUT2D eigenvalue weighted by atomic mass is 10.1. The summed E-state index contributed by atoms with van der Waals surface area (Å²) in [4.78, 5) is 12.9. The van der Waals surface area contributed by atoms with Crippen LogP contribution >= 0.6 is 11.8 Å². The topological polar surface area (TPSA) is 92.3 Å². The summed E-state index contributed by atoms with van der Waals surface area (Å²) in [5.41, 5.74) is 1.81. The van der Waals surface area contributed by atoms with E-state index >= 15 is 0 Å². The van der Waals surface area contributed by atoms with Crippen LogP contribution in [0.25, 0.3) is 22.0 Å². The van der Waals surface area contributed by atoms with Gasteiger partial charge in [0.25, 0.3) is 0 Å². The molecule has 1 aromatic heterocycles. The molecule has 0 saturated carbocycles. The van der Waals surface area contributed by atoms with Gasteiger partial charge >= 0.3 is 0 Å². The molecule has 7 nitrogen and oxygen atoms in total. The van der Waals surface area contributed by atoms with Crippen LogP contribution in [0.5, 0.6) is 0 Å². The molecule has 1 N–H and O–H groups in total. The molecule has 0 spiro atoms. The standard InChI is InChI=1S/C27H25FN4O3S2/c28-20-13-11-19(12-14-20)26-23-9-2-3-10-24(23)27(31-30-26)36-18-25(33)29-21-7-6-8-22(17-21)37(34,35)32-15-4-1-5-16-32/h2-3,6-14,17H,1,4-5,15-16,18H2,(H,29,33). The predicted molar refractivity (Wildman–Crippen MR) is 143 cm³/mol. The van der Waals surface area contributed by atoms with Gasteiger partial charge in [0.1, 0.15) is 16.5 Å². The predicted octanol–water partition coefficient (Wildman–Crippen LogP) is 5.34. The molecule has 0 aliphatic carbocycles. The van der Waals surface area contributed by atoms with Crippen LogP contribution in [0.2, 0.25) is 0 Å². The van der Waals surface area contributed by atoms with E-state index < -0.39 is 10.0 Å². The second-order valence-electron chi connectivity index (χ2n) is 8.74. The van der Waals surface area contributed by atoms with E-state index in [9.17, 15) is 17.6 Å². The van der Waals surface area contributed by atoms with Crippen LogP contribution < -0.4 is 5.32 Å². The number of benzene rings is 3. The summed E-state index contributed by atoms with van der Waals surface area (Å²) in [5.74, 6) is -0.544. The van der Waals surface area contributed by atoms with E-state index in [1.165, 1.54) is 34.3 Å². The van der Waals surface area contributed by atoms with E-state index in [-0.39, 0.29) is 22.4 Å². The molecule has 1 amide bonds. The van der Waals surface area contributed by atoms with Gasteiger partial charge in [0.15, 0.2) is 0 Å². The van der Waals surface area contributed by atoms with Crippen molar-refractivity contribution in [2.45, 2.75) is 29.2 Å². The van der Waals surface area contributed by atoms with E-state index in [4.69, 9.17) is 0 Å². The molecule has 1 fully saturated rings. The van der Waals surface area contributed by atoms with Gasteiger partial charge in [-0.25, -0.2) is 12.8 Å². The van der Waals surface area contributed by atoms with Crippen LogP contribution in [0, 0.1) is 5.82 Å². The molecular formula is C27H25FN4O3S2. The Morgan fingerprint density at radius 2 is 1.65 bits per heavy atom. The first kappa shape index (κ1) is 25.3. The minimum absolute atomic E-state index is 0.0671. The number of nitrogens with one attached hydrogen (secondary N) is 1. The number of thioether (sulfide) groups is 1. The zero-order valence-electron chi connectivity index (χ0n) is 19.9. The molecule has 4 aromatic rings. The van der Waals surface area contributed by atoms with Gasteiger partial charge in [-0.15, -0.1) is 10.2 Å². The fourth-order valence-electron chi connectivity index (χ4n) is 4.33. The summed E-state index contributed by atoms with van der Waals surface area (Å²) in [5, 5.41) is 13.8. The molecule has 37 heavy (non-hydrogen) atoms. The number of carbonyl (C=O) groups is 1. The third-order valence-corrected chi connectivity index (χ3v) is 9.06. The van der Waals surface area contributed by atoms with E-state index in [1.54, 1.807) is 30.3 Å². The Morgan fingerprint density at radius 1 is 0.919 bits per heavy atom. The highest BCUT2D eigenvalue weighted by molar-refractivity contribution is 8.00. The third-order valence-electron chi connectivity index (χ3n) is 6.18. The Labute approximate surface area is 219 Å². The van der Waals surface area contributed by atoms with Gasteiger partial charge in [-0.1, -0.05) is 48.5 Å². The largest absolute Gasteiger partial charge is 0.325 e.